The van der Waals surface area contributed by atoms with Crippen LogP contribution in [0.2, 0.25) is 0 Å². The van der Waals surface area contributed by atoms with E-state index in [9.17, 15) is 4.79 Å². The zero-order valence-electron chi connectivity index (χ0n) is 14.1. The number of morpholine rings is 1. The van der Waals surface area contributed by atoms with E-state index in [1.54, 1.807) is 11.3 Å². The van der Waals surface area contributed by atoms with E-state index >= 15 is 0 Å². The van der Waals surface area contributed by atoms with Crippen LogP contribution >= 0.6 is 36.2 Å². The van der Waals surface area contributed by atoms with Crippen LogP contribution in [0.5, 0.6) is 0 Å². The summed E-state index contributed by atoms with van der Waals surface area (Å²) < 4.78 is 10.8. The maximum absolute atomic E-state index is 12.5. The predicted octanol–water partition coefficient (Wildman–Crippen LogP) is 1.59. The number of nitrogens with one attached hydrogen (secondary N) is 1. The Morgan fingerprint density at radius 1 is 1.24 bits per heavy atom. The molecule has 144 valence electrons. The lowest BCUT2D eigenvalue weighted by Gasteiger charge is -2.36. The summed E-state index contributed by atoms with van der Waals surface area (Å²) in [6.45, 7) is 4.96. The van der Waals surface area contributed by atoms with Gasteiger partial charge < -0.3 is 20.5 Å². The zero-order chi connectivity index (χ0) is 16.1. The predicted molar refractivity (Wildman–Crippen MR) is 104 cm³/mol. The van der Waals surface area contributed by atoms with E-state index in [4.69, 9.17) is 15.2 Å². The zero-order valence-corrected chi connectivity index (χ0v) is 16.6. The van der Waals surface area contributed by atoms with E-state index in [0.717, 1.165) is 26.3 Å². The highest BCUT2D eigenvalue weighted by molar-refractivity contribution is 7.10. The first-order valence-corrected chi connectivity index (χ1v) is 9.07. The fourth-order valence-corrected chi connectivity index (χ4v) is 3.97. The number of carbonyl (C=O) groups excluding carboxylic acids is 1. The van der Waals surface area contributed by atoms with Crippen molar-refractivity contribution in [2.45, 2.75) is 24.4 Å². The number of ether oxygens (including phenoxy) is 2. The standard InChI is InChI=1S/C16H25N3O3S.2ClH/c17-16(3-7-21-8-4-16)15(20)18-12-13(14-2-1-11-23-14)19-5-9-22-10-6-19;;/h1-2,11,13H,3-10,12,17H2,(H,18,20);2*1H. The van der Waals surface area contributed by atoms with Gasteiger partial charge in [-0.25, -0.2) is 0 Å². The van der Waals surface area contributed by atoms with Crippen LogP contribution in [0.25, 0.3) is 0 Å². The molecule has 1 aromatic rings. The monoisotopic (exact) mass is 411 g/mol. The Kier molecular flexibility index (Phi) is 9.66. The van der Waals surface area contributed by atoms with Crippen LogP contribution in [0.1, 0.15) is 23.8 Å². The minimum Gasteiger partial charge on any atom is -0.381 e. The van der Waals surface area contributed by atoms with Crippen LogP contribution in [0.15, 0.2) is 17.5 Å². The van der Waals surface area contributed by atoms with Crippen molar-refractivity contribution in [3.05, 3.63) is 22.4 Å². The Labute approximate surface area is 165 Å². The summed E-state index contributed by atoms with van der Waals surface area (Å²) in [7, 11) is 0. The number of rotatable bonds is 5. The van der Waals surface area contributed by atoms with Gasteiger partial charge in [0.1, 0.15) is 0 Å². The summed E-state index contributed by atoms with van der Waals surface area (Å²) in [6, 6.07) is 4.37. The lowest BCUT2D eigenvalue weighted by Crippen LogP contribution is -2.58. The number of thiophene rings is 1. The lowest BCUT2D eigenvalue weighted by atomic mass is 9.90. The third-order valence-corrected chi connectivity index (χ3v) is 5.62. The van der Waals surface area contributed by atoms with Gasteiger partial charge in [0.2, 0.25) is 5.91 Å². The van der Waals surface area contributed by atoms with E-state index in [2.05, 4.69) is 27.7 Å². The van der Waals surface area contributed by atoms with Gasteiger partial charge in [-0.3, -0.25) is 9.69 Å². The van der Waals surface area contributed by atoms with Crippen molar-refractivity contribution in [3.63, 3.8) is 0 Å². The Bertz CT molecular complexity index is 507. The maximum Gasteiger partial charge on any atom is 0.240 e. The molecule has 2 aliphatic rings. The summed E-state index contributed by atoms with van der Waals surface area (Å²) >= 11 is 1.73. The molecular weight excluding hydrogens is 385 g/mol. The van der Waals surface area contributed by atoms with Gasteiger partial charge in [-0.15, -0.1) is 36.2 Å². The highest BCUT2D eigenvalue weighted by Crippen LogP contribution is 2.26. The molecule has 0 aliphatic carbocycles. The van der Waals surface area contributed by atoms with Crippen molar-refractivity contribution in [2.75, 3.05) is 46.1 Å². The van der Waals surface area contributed by atoms with Crippen LogP contribution in [0.4, 0.5) is 0 Å². The molecule has 1 aromatic heterocycles. The fourth-order valence-electron chi connectivity index (χ4n) is 3.11. The number of nitrogens with two attached hydrogens (primary N) is 1. The average molecular weight is 412 g/mol. The molecule has 0 bridgehead atoms. The summed E-state index contributed by atoms with van der Waals surface area (Å²) in [5.41, 5.74) is 5.47. The second-order valence-electron chi connectivity index (χ2n) is 6.16. The van der Waals surface area contributed by atoms with Crippen molar-refractivity contribution in [1.29, 1.82) is 0 Å². The molecule has 0 saturated carbocycles. The first-order valence-electron chi connectivity index (χ1n) is 8.19. The molecule has 3 rings (SSSR count). The number of nitrogens with zero attached hydrogens (tertiary/aromatic N) is 1. The molecule has 0 aromatic carbocycles. The molecule has 2 fully saturated rings. The highest BCUT2D eigenvalue weighted by Gasteiger charge is 2.36. The van der Waals surface area contributed by atoms with Gasteiger partial charge in [-0.05, 0) is 24.3 Å². The summed E-state index contributed by atoms with van der Waals surface area (Å²) in [5, 5.41) is 5.16. The van der Waals surface area contributed by atoms with Crippen molar-refractivity contribution < 1.29 is 14.3 Å². The van der Waals surface area contributed by atoms with Gasteiger partial charge in [0.05, 0.1) is 24.8 Å². The van der Waals surface area contributed by atoms with Crippen LogP contribution in [-0.2, 0) is 14.3 Å². The summed E-state index contributed by atoms with van der Waals surface area (Å²) in [5.74, 6) is -0.0596. The van der Waals surface area contributed by atoms with Crippen molar-refractivity contribution in [3.8, 4) is 0 Å². The van der Waals surface area contributed by atoms with Crippen LogP contribution in [0, 0.1) is 0 Å². The van der Waals surface area contributed by atoms with Crippen LogP contribution in [0.3, 0.4) is 0 Å². The molecule has 3 heterocycles. The minimum absolute atomic E-state index is 0. The van der Waals surface area contributed by atoms with Gasteiger partial charge in [0.25, 0.3) is 0 Å². The molecule has 25 heavy (non-hydrogen) atoms. The molecular formula is C16H27Cl2N3O3S. The molecule has 2 saturated heterocycles. The lowest BCUT2D eigenvalue weighted by molar-refractivity contribution is -0.130. The van der Waals surface area contributed by atoms with E-state index < -0.39 is 5.54 Å². The Balaban J connectivity index is 0.00000156. The number of hydrogen-bond donors (Lipinski definition) is 2. The Morgan fingerprint density at radius 3 is 2.48 bits per heavy atom. The molecule has 2 aliphatic heterocycles. The summed E-state index contributed by atoms with van der Waals surface area (Å²) in [4.78, 5) is 16.2. The second-order valence-corrected chi connectivity index (χ2v) is 7.14. The smallest absolute Gasteiger partial charge is 0.240 e. The number of halogens is 2. The molecule has 1 unspecified atom stereocenters. The van der Waals surface area contributed by atoms with Crippen molar-refractivity contribution in [1.82, 2.24) is 10.2 Å². The first-order chi connectivity index (χ1) is 11.2. The Hall–Kier alpha value is -0.410. The quantitative estimate of drug-likeness (QED) is 0.768. The number of amides is 1. The Morgan fingerprint density at radius 2 is 1.88 bits per heavy atom. The van der Waals surface area contributed by atoms with Crippen molar-refractivity contribution in [2.24, 2.45) is 5.73 Å². The minimum atomic E-state index is -0.788. The normalized spacial score (nSPS) is 21.5. The molecule has 1 amide bonds. The SMILES string of the molecule is Cl.Cl.NC1(C(=O)NCC(c2cccs2)N2CCOCC2)CCOCC1. The average Bonchev–Trinajstić information content (AvgIpc) is 3.11. The number of hydrogen-bond acceptors (Lipinski definition) is 6. The molecule has 9 heteroatoms. The van der Waals surface area contributed by atoms with Crippen molar-refractivity contribution >= 4 is 42.1 Å². The van der Waals surface area contributed by atoms with E-state index in [1.165, 1.54) is 4.88 Å². The van der Waals surface area contributed by atoms with E-state index in [-0.39, 0.29) is 36.8 Å². The highest BCUT2D eigenvalue weighted by atomic mass is 35.5. The van der Waals surface area contributed by atoms with Crippen LogP contribution < -0.4 is 11.1 Å². The van der Waals surface area contributed by atoms with E-state index in [0.29, 0.717) is 32.6 Å². The third kappa shape index (κ3) is 5.79. The number of carbonyl (C=O) groups is 1. The van der Waals surface area contributed by atoms with Gasteiger partial charge >= 0.3 is 0 Å². The summed E-state index contributed by atoms with van der Waals surface area (Å²) in [6.07, 6.45) is 1.17. The van der Waals surface area contributed by atoms with E-state index in [1.807, 2.05) is 0 Å². The molecule has 0 radical (unpaired) electrons. The van der Waals surface area contributed by atoms with Gasteiger partial charge in [-0.2, -0.15) is 0 Å². The van der Waals surface area contributed by atoms with Gasteiger partial charge in [0.15, 0.2) is 0 Å². The van der Waals surface area contributed by atoms with Crippen LogP contribution in [-0.4, -0.2) is 62.4 Å². The fraction of sp³-hybridized carbons (Fsp3) is 0.688. The second kappa shape index (κ2) is 10.7. The largest absolute Gasteiger partial charge is 0.381 e. The third-order valence-electron chi connectivity index (χ3n) is 4.65. The van der Waals surface area contributed by atoms with Gasteiger partial charge in [0, 0.05) is 37.7 Å². The van der Waals surface area contributed by atoms with Gasteiger partial charge in [-0.1, -0.05) is 6.07 Å². The topological polar surface area (TPSA) is 76.8 Å². The maximum atomic E-state index is 12.5. The molecule has 6 nitrogen and oxygen atoms in total. The molecule has 1 atom stereocenters. The first kappa shape index (κ1) is 22.6. The molecule has 0 spiro atoms. The molecule has 3 N–H and O–H groups in total.